The smallest absolute Gasteiger partial charge is 0.233 e. The predicted octanol–water partition coefficient (Wildman–Crippen LogP) is 2.45. The number of hydrogen-bond acceptors (Lipinski definition) is 5. The van der Waals surface area contributed by atoms with Crippen molar-refractivity contribution < 1.29 is 19.1 Å². The summed E-state index contributed by atoms with van der Waals surface area (Å²) < 4.78 is 10.5. The van der Waals surface area contributed by atoms with Gasteiger partial charge in [-0.05, 0) is 36.4 Å². The summed E-state index contributed by atoms with van der Waals surface area (Å²) in [6, 6.07) is 12.4. The molecule has 2 amide bonds. The molecule has 0 aromatic heterocycles. The number of hydrogen-bond donors (Lipinski definition) is 2. The van der Waals surface area contributed by atoms with Crippen molar-refractivity contribution in [1.82, 2.24) is 0 Å². The molecular formula is C18H19N3O4. The molecule has 0 unspecified atom stereocenters. The molecule has 2 aromatic rings. The van der Waals surface area contributed by atoms with Crippen LogP contribution in [0.1, 0.15) is 6.42 Å². The molecular weight excluding hydrogens is 322 g/mol. The van der Waals surface area contributed by atoms with Crippen LogP contribution in [0.15, 0.2) is 42.5 Å². The average molecular weight is 341 g/mol. The maximum atomic E-state index is 12.0. The van der Waals surface area contributed by atoms with Crippen molar-refractivity contribution in [1.29, 1.82) is 0 Å². The number of nitrogens with zero attached hydrogens (tertiary/aromatic N) is 1. The van der Waals surface area contributed by atoms with Crippen LogP contribution in [0.5, 0.6) is 11.5 Å². The van der Waals surface area contributed by atoms with Gasteiger partial charge < -0.3 is 25.0 Å². The van der Waals surface area contributed by atoms with Gasteiger partial charge >= 0.3 is 0 Å². The lowest BCUT2D eigenvalue weighted by Crippen LogP contribution is -2.21. The summed E-state index contributed by atoms with van der Waals surface area (Å²) in [5.41, 5.74) is 2.22. The van der Waals surface area contributed by atoms with Gasteiger partial charge in [-0.15, -0.1) is 0 Å². The minimum atomic E-state index is -0.402. The maximum absolute atomic E-state index is 12.0. The standard InChI is InChI=1S/C18H19N3O4/c1-21(2)14-6-3-12(4-7-14)19-17(22)10-18(23)20-13-5-8-15-16(9-13)25-11-24-15/h3-9H,10-11H2,1-2H3,(H,19,22)(H,20,23). The molecule has 2 aromatic carbocycles. The Kier molecular flexibility index (Phi) is 4.74. The number of carbonyl (C=O) groups excluding carboxylic acids is 2. The highest BCUT2D eigenvalue weighted by Crippen LogP contribution is 2.34. The molecule has 1 aliphatic heterocycles. The molecule has 0 bridgehead atoms. The molecule has 7 heteroatoms. The van der Waals surface area contributed by atoms with Crippen LogP contribution in [0.4, 0.5) is 17.1 Å². The highest BCUT2D eigenvalue weighted by atomic mass is 16.7. The van der Waals surface area contributed by atoms with Gasteiger partial charge in [0.15, 0.2) is 11.5 Å². The number of fused-ring (bicyclic) bond motifs is 1. The lowest BCUT2D eigenvalue weighted by molar-refractivity contribution is -0.123. The van der Waals surface area contributed by atoms with Crippen molar-refractivity contribution in [2.45, 2.75) is 6.42 Å². The van der Waals surface area contributed by atoms with E-state index in [1.807, 2.05) is 31.1 Å². The van der Waals surface area contributed by atoms with Gasteiger partial charge in [-0.2, -0.15) is 0 Å². The summed E-state index contributed by atoms with van der Waals surface area (Å²) in [6.45, 7) is 0.168. The fraction of sp³-hybridized carbons (Fsp3) is 0.222. The molecule has 0 fully saturated rings. The van der Waals surface area contributed by atoms with Crippen molar-refractivity contribution in [3.8, 4) is 11.5 Å². The van der Waals surface area contributed by atoms with E-state index in [1.165, 1.54) is 0 Å². The Morgan fingerprint density at radius 1 is 0.920 bits per heavy atom. The second kappa shape index (κ2) is 7.12. The van der Waals surface area contributed by atoms with Crippen LogP contribution in [-0.4, -0.2) is 32.7 Å². The van der Waals surface area contributed by atoms with E-state index < -0.39 is 5.91 Å². The zero-order valence-electron chi connectivity index (χ0n) is 14.0. The fourth-order valence-corrected chi connectivity index (χ4v) is 2.37. The summed E-state index contributed by atoms with van der Waals surface area (Å²) in [4.78, 5) is 26.0. The SMILES string of the molecule is CN(C)c1ccc(NC(=O)CC(=O)Nc2ccc3c(c2)OCO3)cc1. The Balaban J connectivity index is 1.53. The Hall–Kier alpha value is -3.22. The lowest BCUT2D eigenvalue weighted by Gasteiger charge is -2.13. The minimum Gasteiger partial charge on any atom is -0.454 e. The van der Waals surface area contributed by atoms with E-state index >= 15 is 0 Å². The van der Waals surface area contributed by atoms with Gasteiger partial charge in [-0.3, -0.25) is 9.59 Å². The minimum absolute atomic E-state index is 0.168. The van der Waals surface area contributed by atoms with Gasteiger partial charge in [-0.25, -0.2) is 0 Å². The third-order valence-corrected chi connectivity index (χ3v) is 3.64. The Morgan fingerprint density at radius 2 is 1.52 bits per heavy atom. The van der Waals surface area contributed by atoms with Crippen LogP contribution in [-0.2, 0) is 9.59 Å². The van der Waals surface area contributed by atoms with Gasteiger partial charge in [0.05, 0.1) is 0 Å². The molecule has 0 spiro atoms. The third-order valence-electron chi connectivity index (χ3n) is 3.64. The molecule has 0 radical (unpaired) electrons. The van der Waals surface area contributed by atoms with E-state index in [2.05, 4.69) is 10.6 Å². The van der Waals surface area contributed by atoms with E-state index in [9.17, 15) is 9.59 Å². The molecule has 2 N–H and O–H groups in total. The fourth-order valence-electron chi connectivity index (χ4n) is 2.37. The molecule has 25 heavy (non-hydrogen) atoms. The van der Waals surface area contributed by atoms with Gasteiger partial charge in [0, 0.05) is 37.2 Å². The first-order chi connectivity index (χ1) is 12.0. The zero-order valence-corrected chi connectivity index (χ0v) is 14.0. The first-order valence-corrected chi connectivity index (χ1v) is 7.78. The van der Waals surface area contributed by atoms with Gasteiger partial charge in [0.1, 0.15) is 6.42 Å². The van der Waals surface area contributed by atoms with E-state index in [0.717, 1.165) is 5.69 Å². The van der Waals surface area contributed by atoms with E-state index in [4.69, 9.17) is 9.47 Å². The topological polar surface area (TPSA) is 79.9 Å². The Labute approximate surface area is 145 Å². The number of benzene rings is 2. The molecule has 1 aliphatic rings. The van der Waals surface area contributed by atoms with Gasteiger partial charge in [-0.1, -0.05) is 0 Å². The second-order valence-corrected chi connectivity index (χ2v) is 5.78. The first kappa shape index (κ1) is 16.6. The van der Waals surface area contributed by atoms with E-state index in [-0.39, 0.29) is 19.1 Å². The van der Waals surface area contributed by atoms with E-state index in [1.54, 1.807) is 30.3 Å². The van der Waals surface area contributed by atoms with Crippen molar-refractivity contribution in [2.24, 2.45) is 0 Å². The summed E-state index contributed by atoms with van der Waals surface area (Å²) >= 11 is 0. The van der Waals surface area contributed by atoms with E-state index in [0.29, 0.717) is 22.9 Å². The first-order valence-electron chi connectivity index (χ1n) is 7.78. The van der Waals surface area contributed by atoms with Crippen LogP contribution >= 0.6 is 0 Å². The normalized spacial score (nSPS) is 11.8. The zero-order chi connectivity index (χ0) is 17.8. The molecule has 0 saturated carbocycles. The molecule has 0 aliphatic carbocycles. The molecule has 3 rings (SSSR count). The van der Waals surface area contributed by atoms with Crippen molar-refractivity contribution in [2.75, 3.05) is 36.4 Å². The summed E-state index contributed by atoms with van der Waals surface area (Å²) in [7, 11) is 3.88. The van der Waals surface area contributed by atoms with Gasteiger partial charge in [0.25, 0.3) is 0 Å². The molecule has 0 atom stereocenters. The largest absolute Gasteiger partial charge is 0.454 e. The number of anilines is 3. The van der Waals surface area contributed by atoms with Crippen LogP contribution in [0, 0.1) is 0 Å². The monoisotopic (exact) mass is 341 g/mol. The molecule has 130 valence electrons. The van der Waals surface area contributed by atoms with Gasteiger partial charge in [0.2, 0.25) is 18.6 Å². The number of ether oxygens (including phenoxy) is 2. The predicted molar refractivity (Wildman–Crippen MR) is 95.2 cm³/mol. The summed E-state index contributed by atoms with van der Waals surface area (Å²) in [6.07, 6.45) is -0.274. The molecule has 7 nitrogen and oxygen atoms in total. The maximum Gasteiger partial charge on any atom is 0.233 e. The summed E-state index contributed by atoms with van der Waals surface area (Å²) in [5, 5.41) is 5.37. The highest BCUT2D eigenvalue weighted by Gasteiger charge is 2.15. The average Bonchev–Trinajstić information content (AvgIpc) is 3.02. The second-order valence-electron chi connectivity index (χ2n) is 5.78. The number of carbonyl (C=O) groups is 2. The Bertz CT molecular complexity index is 787. The van der Waals surface area contributed by atoms with Crippen LogP contribution in [0.25, 0.3) is 0 Å². The van der Waals surface area contributed by atoms with Crippen molar-refractivity contribution >= 4 is 28.9 Å². The van der Waals surface area contributed by atoms with Crippen LogP contribution in [0.3, 0.4) is 0 Å². The van der Waals surface area contributed by atoms with Crippen molar-refractivity contribution in [3.05, 3.63) is 42.5 Å². The van der Waals surface area contributed by atoms with Crippen molar-refractivity contribution in [3.63, 3.8) is 0 Å². The Morgan fingerprint density at radius 3 is 2.20 bits per heavy atom. The lowest BCUT2D eigenvalue weighted by atomic mass is 10.2. The highest BCUT2D eigenvalue weighted by molar-refractivity contribution is 6.08. The summed E-state index contributed by atoms with van der Waals surface area (Å²) in [5.74, 6) is 0.428. The van der Waals surface area contributed by atoms with Crippen LogP contribution in [0.2, 0.25) is 0 Å². The molecule has 1 heterocycles. The molecule has 0 saturated heterocycles. The third kappa shape index (κ3) is 4.20. The van der Waals surface area contributed by atoms with Crippen LogP contribution < -0.4 is 25.0 Å². The number of nitrogens with one attached hydrogen (secondary N) is 2. The number of rotatable bonds is 5. The quantitative estimate of drug-likeness (QED) is 0.817. The number of amides is 2.